The van der Waals surface area contributed by atoms with Crippen LogP contribution in [-0.4, -0.2) is 30.1 Å². The lowest BCUT2D eigenvalue weighted by atomic mass is 10.0. The van der Waals surface area contributed by atoms with Gasteiger partial charge in [-0.3, -0.25) is 4.79 Å². The van der Waals surface area contributed by atoms with Crippen LogP contribution in [-0.2, 0) is 0 Å². The van der Waals surface area contributed by atoms with Gasteiger partial charge < -0.3 is 10.0 Å². The monoisotopic (exact) mass is 235 g/mol. The second kappa shape index (κ2) is 5.32. The van der Waals surface area contributed by atoms with Crippen LogP contribution in [0.25, 0.3) is 0 Å². The summed E-state index contributed by atoms with van der Waals surface area (Å²) in [5.74, 6) is 0.128. The molecule has 0 unspecified atom stereocenters. The van der Waals surface area contributed by atoms with Crippen LogP contribution in [0.1, 0.15) is 37.6 Å². The van der Waals surface area contributed by atoms with E-state index in [0.717, 1.165) is 11.3 Å². The molecule has 0 atom stereocenters. The molecule has 3 nitrogen and oxygen atoms in total. The van der Waals surface area contributed by atoms with E-state index in [0.29, 0.717) is 13.0 Å². The fourth-order valence-electron chi connectivity index (χ4n) is 1.90. The Kier molecular flexibility index (Phi) is 4.29. The van der Waals surface area contributed by atoms with Gasteiger partial charge >= 0.3 is 0 Å². The summed E-state index contributed by atoms with van der Waals surface area (Å²) in [4.78, 5) is 13.7. The Bertz CT molecular complexity index is 393. The second-order valence-corrected chi connectivity index (χ2v) is 4.96. The molecule has 1 aromatic rings. The Morgan fingerprint density at radius 3 is 2.47 bits per heavy atom. The maximum Gasteiger partial charge on any atom is 0.164 e. The number of para-hydroxylation sites is 1. The molecule has 17 heavy (non-hydrogen) atoms. The maximum atomic E-state index is 11.8. The van der Waals surface area contributed by atoms with Gasteiger partial charge in [-0.15, -0.1) is 0 Å². The molecular weight excluding hydrogens is 214 g/mol. The lowest BCUT2D eigenvalue weighted by molar-refractivity contribution is 0.0882. The summed E-state index contributed by atoms with van der Waals surface area (Å²) >= 11 is 0. The number of Topliss-reactive ketones (excluding diaryl/α,β-unsaturated/α-hetero) is 1. The van der Waals surface area contributed by atoms with Crippen molar-refractivity contribution in [2.45, 2.75) is 32.8 Å². The van der Waals surface area contributed by atoms with E-state index in [2.05, 4.69) is 0 Å². The number of likely N-dealkylation sites (N-methyl/N-ethyl adjacent to an activating group) is 1. The van der Waals surface area contributed by atoms with Gasteiger partial charge in [-0.05, 0) is 26.0 Å². The molecule has 1 rings (SSSR count). The number of rotatable bonds is 5. The van der Waals surface area contributed by atoms with Crippen molar-refractivity contribution in [1.29, 1.82) is 0 Å². The Labute approximate surface area is 103 Å². The van der Waals surface area contributed by atoms with Gasteiger partial charge in [0.15, 0.2) is 5.78 Å². The fourth-order valence-corrected chi connectivity index (χ4v) is 1.90. The summed E-state index contributed by atoms with van der Waals surface area (Å²) in [6, 6.07) is 7.52. The summed E-state index contributed by atoms with van der Waals surface area (Å²) in [5.41, 5.74) is 0.820. The third-order valence-electron chi connectivity index (χ3n) is 2.56. The van der Waals surface area contributed by atoms with E-state index in [-0.39, 0.29) is 5.78 Å². The van der Waals surface area contributed by atoms with Crippen molar-refractivity contribution in [3.63, 3.8) is 0 Å². The van der Waals surface area contributed by atoms with Crippen LogP contribution in [0, 0.1) is 0 Å². The molecule has 94 valence electrons. The van der Waals surface area contributed by atoms with Crippen LogP contribution in [0.2, 0.25) is 0 Å². The van der Waals surface area contributed by atoms with Crippen LogP contribution in [0.4, 0.5) is 5.69 Å². The average molecular weight is 235 g/mol. The predicted octanol–water partition coefficient (Wildman–Crippen LogP) is 2.49. The summed E-state index contributed by atoms with van der Waals surface area (Å²) < 4.78 is 0. The van der Waals surface area contributed by atoms with Crippen LogP contribution < -0.4 is 4.90 Å². The molecule has 1 aromatic carbocycles. The van der Waals surface area contributed by atoms with E-state index in [1.165, 1.54) is 0 Å². The number of carbonyl (C=O) groups excluding carboxylic acids is 1. The van der Waals surface area contributed by atoms with Gasteiger partial charge in [0.1, 0.15) is 0 Å². The van der Waals surface area contributed by atoms with Crippen molar-refractivity contribution in [2.75, 3.05) is 18.5 Å². The molecule has 0 saturated carbocycles. The van der Waals surface area contributed by atoms with Crippen molar-refractivity contribution in [3.8, 4) is 0 Å². The molecule has 0 bridgehead atoms. The number of anilines is 1. The zero-order valence-electron chi connectivity index (χ0n) is 11.0. The first-order valence-corrected chi connectivity index (χ1v) is 5.91. The van der Waals surface area contributed by atoms with Crippen molar-refractivity contribution in [3.05, 3.63) is 29.8 Å². The number of nitrogens with zero attached hydrogens (tertiary/aromatic N) is 1. The number of hydrogen-bond donors (Lipinski definition) is 1. The third kappa shape index (κ3) is 3.86. The van der Waals surface area contributed by atoms with Gasteiger partial charge in [0.05, 0.1) is 5.60 Å². The topological polar surface area (TPSA) is 40.5 Å². The molecular formula is C14H21NO2. The first-order valence-electron chi connectivity index (χ1n) is 5.91. The lowest BCUT2D eigenvalue weighted by Gasteiger charge is -2.28. The van der Waals surface area contributed by atoms with E-state index in [1.54, 1.807) is 13.8 Å². The van der Waals surface area contributed by atoms with E-state index in [1.807, 2.05) is 43.1 Å². The minimum atomic E-state index is -0.781. The number of aliphatic hydroxyl groups is 1. The molecule has 0 amide bonds. The molecule has 0 radical (unpaired) electrons. The minimum Gasteiger partial charge on any atom is -0.389 e. The summed E-state index contributed by atoms with van der Waals surface area (Å²) in [6.07, 6.45) is 0.493. The highest BCUT2D eigenvalue weighted by molar-refractivity contribution is 6.01. The van der Waals surface area contributed by atoms with E-state index in [9.17, 15) is 9.90 Å². The van der Waals surface area contributed by atoms with Crippen molar-refractivity contribution in [2.24, 2.45) is 0 Å². The third-order valence-corrected chi connectivity index (χ3v) is 2.56. The zero-order chi connectivity index (χ0) is 13.1. The average Bonchev–Trinajstić information content (AvgIpc) is 2.25. The molecule has 0 aliphatic carbocycles. The second-order valence-electron chi connectivity index (χ2n) is 4.96. The van der Waals surface area contributed by atoms with Crippen LogP contribution >= 0.6 is 0 Å². The van der Waals surface area contributed by atoms with E-state index >= 15 is 0 Å². The first-order chi connectivity index (χ1) is 7.85. The number of hydrogen-bond acceptors (Lipinski definition) is 3. The highest BCUT2D eigenvalue weighted by atomic mass is 16.3. The van der Waals surface area contributed by atoms with E-state index < -0.39 is 5.60 Å². The first kappa shape index (κ1) is 13.7. The fraction of sp³-hybridized carbons (Fsp3) is 0.500. The van der Waals surface area contributed by atoms with Gasteiger partial charge in [-0.2, -0.15) is 0 Å². The Hall–Kier alpha value is -1.35. The van der Waals surface area contributed by atoms with Crippen molar-refractivity contribution in [1.82, 2.24) is 0 Å². The highest BCUT2D eigenvalue weighted by Gasteiger charge is 2.19. The number of carbonyl (C=O) groups is 1. The molecule has 0 spiro atoms. The quantitative estimate of drug-likeness (QED) is 0.797. The summed E-state index contributed by atoms with van der Waals surface area (Å²) in [5, 5.41) is 9.81. The van der Waals surface area contributed by atoms with Gasteiger partial charge in [-0.1, -0.05) is 19.1 Å². The Morgan fingerprint density at radius 2 is 1.94 bits per heavy atom. The smallest absolute Gasteiger partial charge is 0.164 e. The van der Waals surface area contributed by atoms with Crippen molar-refractivity contribution >= 4 is 11.5 Å². The molecule has 1 N–H and O–H groups in total. The van der Waals surface area contributed by atoms with Crippen molar-refractivity contribution < 1.29 is 9.90 Å². The van der Waals surface area contributed by atoms with Gasteiger partial charge in [0.25, 0.3) is 0 Å². The lowest BCUT2D eigenvalue weighted by Crippen LogP contribution is -2.36. The van der Waals surface area contributed by atoms with Crippen LogP contribution in [0.5, 0.6) is 0 Å². The van der Waals surface area contributed by atoms with E-state index in [4.69, 9.17) is 0 Å². The number of benzene rings is 1. The highest BCUT2D eigenvalue weighted by Crippen LogP contribution is 2.22. The SMILES string of the molecule is CCC(=O)c1ccccc1N(C)CC(C)(C)O. The minimum absolute atomic E-state index is 0.128. The van der Waals surface area contributed by atoms with Gasteiger partial charge in [-0.25, -0.2) is 0 Å². The standard InChI is InChI=1S/C14H21NO2/c1-5-13(16)11-8-6-7-9-12(11)15(4)10-14(2,3)17/h6-9,17H,5,10H2,1-4H3. The number of ketones is 1. The van der Waals surface area contributed by atoms with Gasteiger partial charge in [0, 0.05) is 31.3 Å². The summed E-state index contributed by atoms with van der Waals surface area (Å²) in [6.45, 7) is 5.86. The Morgan fingerprint density at radius 1 is 1.35 bits per heavy atom. The normalized spacial score (nSPS) is 11.4. The van der Waals surface area contributed by atoms with Gasteiger partial charge in [0.2, 0.25) is 0 Å². The molecule has 3 heteroatoms. The van der Waals surface area contributed by atoms with Crippen LogP contribution in [0.15, 0.2) is 24.3 Å². The molecule has 0 heterocycles. The Balaban J connectivity index is 3.01. The summed E-state index contributed by atoms with van der Waals surface area (Å²) in [7, 11) is 1.89. The molecule has 0 aliphatic rings. The maximum absolute atomic E-state index is 11.8. The molecule has 0 aliphatic heterocycles. The molecule has 0 fully saturated rings. The molecule has 0 aromatic heterocycles. The predicted molar refractivity (Wildman–Crippen MR) is 70.6 cm³/mol. The van der Waals surface area contributed by atoms with Crippen LogP contribution in [0.3, 0.4) is 0 Å². The zero-order valence-corrected chi connectivity index (χ0v) is 11.0. The largest absolute Gasteiger partial charge is 0.389 e. The molecule has 0 saturated heterocycles.